The van der Waals surface area contributed by atoms with Crippen LogP contribution in [-0.4, -0.2) is 14.1 Å². The van der Waals surface area contributed by atoms with Crippen LogP contribution in [0.1, 0.15) is 26.3 Å². The Morgan fingerprint density at radius 3 is 1.89 bits per heavy atom. The van der Waals surface area contributed by atoms with Crippen molar-refractivity contribution in [2.75, 3.05) is 19.0 Å². The molecule has 0 bridgehead atoms. The Balaban J connectivity index is 2.48. The SMILES string of the molecule is CN(C)c1ccc(-c2ccccc2C(C)(C)C)cc1. The first kappa shape index (κ1) is 13.7. The van der Waals surface area contributed by atoms with E-state index in [1.807, 2.05) is 0 Å². The summed E-state index contributed by atoms with van der Waals surface area (Å²) in [6.07, 6.45) is 0. The van der Waals surface area contributed by atoms with Crippen LogP contribution < -0.4 is 4.90 Å². The molecule has 0 spiro atoms. The van der Waals surface area contributed by atoms with Crippen molar-refractivity contribution in [3.63, 3.8) is 0 Å². The molecule has 19 heavy (non-hydrogen) atoms. The zero-order valence-corrected chi connectivity index (χ0v) is 12.6. The average Bonchev–Trinajstić information content (AvgIpc) is 2.38. The highest BCUT2D eigenvalue weighted by molar-refractivity contribution is 5.70. The van der Waals surface area contributed by atoms with Gasteiger partial charge in [0.15, 0.2) is 0 Å². The summed E-state index contributed by atoms with van der Waals surface area (Å²) in [4.78, 5) is 2.12. The van der Waals surface area contributed by atoms with Gasteiger partial charge in [-0.05, 0) is 34.2 Å². The van der Waals surface area contributed by atoms with Gasteiger partial charge in [0, 0.05) is 19.8 Å². The molecule has 100 valence electrons. The molecule has 0 aliphatic rings. The van der Waals surface area contributed by atoms with Gasteiger partial charge in [-0.1, -0.05) is 57.2 Å². The molecule has 1 nitrogen and oxygen atoms in total. The molecule has 0 aliphatic carbocycles. The monoisotopic (exact) mass is 253 g/mol. The maximum atomic E-state index is 2.26. The summed E-state index contributed by atoms with van der Waals surface area (Å²) >= 11 is 0. The molecule has 1 heteroatoms. The number of nitrogens with zero attached hydrogens (tertiary/aromatic N) is 1. The fraction of sp³-hybridized carbons (Fsp3) is 0.333. The van der Waals surface area contributed by atoms with Gasteiger partial charge in [0.25, 0.3) is 0 Å². The molecule has 2 aromatic carbocycles. The van der Waals surface area contributed by atoms with E-state index >= 15 is 0 Å². The normalized spacial score (nSPS) is 11.4. The summed E-state index contributed by atoms with van der Waals surface area (Å²) in [6.45, 7) is 6.79. The van der Waals surface area contributed by atoms with Crippen molar-refractivity contribution in [1.29, 1.82) is 0 Å². The molecule has 0 saturated carbocycles. The molecule has 0 radical (unpaired) electrons. The van der Waals surface area contributed by atoms with Crippen molar-refractivity contribution in [2.45, 2.75) is 26.2 Å². The van der Waals surface area contributed by atoms with Crippen LogP contribution in [0.4, 0.5) is 5.69 Å². The Morgan fingerprint density at radius 1 is 0.789 bits per heavy atom. The van der Waals surface area contributed by atoms with Gasteiger partial charge < -0.3 is 4.90 Å². The number of hydrogen-bond donors (Lipinski definition) is 0. The lowest BCUT2D eigenvalue weighted by Crippen LogP contribution is -2.12. The van der Waals surface area contributed by atoms with Crippen LogP contribution in [0.25, 0.3) is 11.1 Å². The van der Waals surface area contributed by atoms with E-state index in [9.17, 15) is 0 Å². The van der Waals surface area contributed by atoms with Crippen molar-refractivity contribution >= 4 is 5.69 Å². The van der Waals surface area contributed by atoms with Gasteiger partial charge in [0.1, 0.15) is 0 Å². The number of hydrogen-bond acceptors (Lipinski definition) is 1. The van der Waals surface area contributed by atoms with Crippen molar-refractivity contribution < 1.29 is 0 Å². The average molecular weight is 253 g/mol. The minimum atomic E-state index is 0.164. The second kappa shape index (κ2) is 5.08. The smallest absolute Gasteiger partial charge is 0.0361 e. The van der Waals surface area contributed by atoms with Crippen LogP contribution in [0.5, 0.6) is 0 Å². The molecule has 0 amide bonds. The number of anilines is 1. The summed E-state index contributed by atoms with van der Waals surface area (Å²) in [6, 6.07) is 17.5. The van der Waals surface area contributed by atoms with Crippen molar-refractivity contribution in [2.24, 2.45) is 0 Å². The minimum Gasteiger partial charge on any atom is -0.378 e. The molecule has 0 saturated heterocycles. The lowest BCUT2D eigenvalue weighted by atomic mass is 9.82. The first-order chi connectivity index (χ1) is 8.89. The summed E-state index contributed by atoms with van der Waals surface area (Å²) in [5.41, 5.74) is 5.41. The van der Waals surface area contributed by atoms with Gasteiger partial charge in [0.2, 0.25) is 0 Å². The van der Waals surface area contributed by atoms with Crippen molar-refractivity contribution in [3.8, 4) is 11.1 Å². The topological polar surface area (TPSA) is 3.24 Å². The minimum absolute atomic E-state index is 0.164. The first-order valence-corrected chi connectivity index (χ1v) is 6.77. The fourth-order valence-electron chi connectivity index (χ4n) is 2.33. The van der Waals surface area contributed by atoms with Crippen molar-refractivity contribution in [1.82, 2.24) is 0 Å². The highest BCUT2D eigenvalue weighted by Crippen LogP contribution is 2.33. The van der Waals surface area contributed by atoms with Gasteiger partial charge in [-0.15, -0.1) is 0 Å². The van der Waals surface area contributed by atoms with E-state index in [0.29, 0.717) is 0 Å². The van der Waals surface area contributed by atoms with E-state index in [1.165, 1.54) is 22.4 Å². The Morgan fingerprint density at radius 2 is 1.37 bits per heavy atom. The van der Waals surface area contributed by atoms with Gasteiger partial charge >= 0.3 is 0 Å². The summed E-state index contributed by atoms with van der Waals surface area (Å²) in [5.74, 6) is 0. The molecule has 2 aromatic rings. The fourth-order valence-corrected chi connectivity index (χ4v) is 2.33. The van der Waals surface area contributed by atoms with Gasteiger partial charge in [-0.25, -0.2) is 0 Å². The maximum Gasteiger partial charge on any atom is 0.0361 e. The van der Waals surface area contributed by atoms with Crippen LogP contribution >= 0.6 is 0 Å². The third-order valence-electron chi connectivity index (χ3n) is 3.43. The largest absolute Gasteiger partial charge is 0.378 e. The highest BCUT2D eigenvalue weighted by atomic mass is 15.1. The van der Waals surface area contributed by atoms with E-state index in [-0.39, 0.29) is 5.41 Å². The van der Waals surface area contributed by atoms with E-state index in [2.05, 4.69) is 88.3 Å². The highest BCUT2D eigenvalue weighted by Gasteiger charge is 2.17. The molecule has 2 rings (SSSR count). The first-order valence-electron chi connectivity index (χ1n) is 6.77. The Hall–Kier alpha value is -1.76. The van der Waals surface area contributed by atoms with E-state index in [0.717, 1.165) is 0 Å². The Labute approximate surface area is 116 Å². The van der Waals surface area contributed by atoms with Crippen LogP contribution in [0.3, 0.4) is 0 Å². The predicted molar refractivity (Wildman–Crippen MR) is 84.9 cm³/mol. The molecule has 0 atom stereocenters. The standard InChI is InChI=1S/C18H23N/c1-18(2,3)17-9-7-6-8-16(17)14-10-12-15(13-11-14)19(4)5/h6-13H,1-5H3. The maximum absolute atomic E-state index is 2.26. The summed E-state index contributed by atoms with van der Waals surface area (Å²) in [5, 5.41) is 0. The molecule has 0 aliphatic heterocycles. The zero-order valence-electron chi connectivity index (χ0n) is 12.6. The molecular weight excluding hydrogens is 230 g/mol. The molecule has 0 unspecified atom stereocenters. The Kier molecular flexibility index (Phi) is 3.66. The van der Waals surface area contributed by atoms with Crippen LogP contribution in [0.15, 0.2) is 48.5 Å². The number of benzene rings is 2. The Bertz CT molecular complexity index is 545. The summed E-state index contributed by atoms with van der Waals surface area (Å²) < 4.78 is 0. The van der Waals surface area contributed by atoms with Crippen LogP contribution in [0.2, 0.25) is 0 Å². The van der Waals surface area contributed by atoms with E-state index < -0.39 is 0 Å². The summed E-state index contributed by atoms with van der Waals surface area (Å²) in [7, 11) is 4.14. The van der Waals surface area contributed by atoms with Crippen molar-refractivity contribution in [3.05, 3.63) is 54.1 Å². The van der Waals surface area contributed by atoms with E-state index in [4.69, 9.17) is 0 Å². The zero-order chi connectivity index (χ0) is 14.0. The lowest BCUT2D eigenvalue weighted by Gasteiger charge is -2.23. The number of rotatable bonds is 2. The lowest BCUT2D eigenvalue weighted by molar-refractivity contribution is 0.592. The molecule has 0 aromatic heterocycles. The van der Waals surface area contributed by atoms with Crippen LogP contribution in [-0.2, 0) is 5.41 Å². The van der Waals surface area contributed by atoms with Crippen LogP contribution in [0, 0.1) is 0 Å². The van der Waals surface area contributed by atoms with Gasteiger partial charge in [-0.2, -0.15) is 0 Å². The molecule has 0 N–H and O–H groups in total. The van der Waals surface area contributed by atoms with Gasteiger partial charge in [-0.3, -0.25) is 0 Å². The molecular formula is C18H23N. The second-order valence-corrected chi connectivity index (χ2v) is 6.24. The molecule has 0 heterocycles. The third-order valence-corrected chi connectivity index (χ3v) is 3.43. The van der Waals surface area contributed by atoms with Gasteiger partial charge in [0.05, 0.1) is 0 Å². The molecule has 0 fully saturated rings. The second-order valence-electron chi connectivity index (χ2n) is 6.24. The third kappa shape index (κ3) is 2.98. The quantitative estimate of drug-likeness (QED) is 0.748. The predicted octanol–water partition coefficient (Wildman–Crippen LogP) is 4.72. The van der Waals surface area contributed by atoms with E-state index in [1.54, 1.807) is 0 Å².